The minimum atomic E-state index is 1.02. The maximum atomic E-state index is 5.34. The van der Waals surface area contributed by atoms with E-state index in [4.69, 9.17) is 4.98 Å². The van der Waals surface area contributed by atoms with Crippen LogP contribution in [0.4, 0.5) is 17.1 Å². The highest BCUT2D eigenvalue weighted by atomic mass is 32.1. The lowest BCUT2D eigenvalue weighted by Gasteiger charge is -2.25. The number of aromatic nitrogens is 1. The van der Waals surface area contributed by atoms with E-state index >= 15 is 0 Å². The SMILES string of the molecule is c1ccc(-c2ccc3c(c2)c2cc(-c4ccccc4)ccc2c2sc(-c4ccc(N(c5ccccc5)c5ccccc5)cc4)nc32)cc1. The zero-order chi connectivity index (χ0) is 31.9. The number of anilines is 3. The molecule has 0 fully saturated rings. The summed E-state index contributed by atoms with van der Waals surface area (Å²) < 4.78 is 1.22. The smallest absolute Gasteiger partial charge is 0.124 e. The molecule has 1 aromatic heterocycles. The van der Waals surface area contributed by atoms with Crippen molar-refractivity contribution in [2.45, 2.75) is 0 Å². The fourth-order valence-electron chi connectivity index (χ4n) is 6.72. The first-order valence-electron chi connectivity index (χ1n) is 16.2. The third-order valence-corrected chi connectivity index (χ3v) is 10.2. The van der Waals surface area contributed by atoms with Crippen LogP contribution in [0.5, 0.6) is 0 Å². The maximum Gasteiger partial charge on any atom is 0.124 e. The number of rotatable bonds is 6. The van der Waals surface area contributed by atoms with Crippen LogP contribution >= 0.6 is 11.3 Å². The highest BCUT2D eigenvalue weighted by Gasteiger charge is 2.17. The Morgan fingerprint density at radius 2 is 0.792 bits per heavy atom. The van der Waals surface area contributed by atoms with Crippen LogP contribution in [0.25, 0.3) is 64.6 Å². The van der Waals surface area contributed by atoms with Gasteiger partial charge >= 0.3 is 0 Å². The van der Waals surface area contributed by atoms with Crippen LogP contribution in [0.15, 0.2) is 182 Å². The number of hydrogen-bond acceptors (Lipinski definition) is 3. The summed E-state index contributed by atoms with van der Waals surface area (Å²) >= 11 is 1.78. The number of para-hydroxylation sites is 2. The molecule has 9 rings (SSSR count). The molecule has 2 nitrogen and oxygen atoms in total. The Kier molecular flexibility index (Phi) is 7.03. The second kappa shape index (κ2) is 12.0. The second-order valence-corrected chi connectivity index (χ2v) is 13.0. The van der Waals surface area contributed by atoms with Gasteiger partial charge < -0.3 is 4.90 Å². The minimum absolute atomic E-state index is 1.02. The molecule has 0 amide bonds. The van der Waals surface area contributed by atoms with Gasteiger partial charge in [-0.05, 0) is 93.7 Å². The molecule has 8 aromatic carbocycles. The van der Waals surface area contributed by atoms with E-state index in [1.807, 2.05) is 0 Å². The summed E-state index contributed by atoms with van der Waals surface area (Å²) in [6, 6.07) is 64.9. The van der Waals surface area contributed by atoms with Crippen molar-refractivity contribution in [3.63, 3.8) is 0 Å². The molecule has 0 aliphatic carbocycles. The molecule has 48 heavy (non-hydrogen) atoms. The summed E-state index contributed by atoms with van der Waals surface area (Å²) in [4.78, 5) is 7.63. The molecule has 3 heteroatoms. The zero-order valence-electron chi connectivity index (χ0n) is 26.1. The van der Waals surface area contributed by atoms with E-state index < -0.39 is 0 Å². The Labute approximate surface area is 283 Å². The van der Waals surface area contributed by atoms with Gasteiger partial charge in [-0.25, -0.2) is 4.98 Å². The highest BCUT2D eigenvalue weighted by Crippen LogP contribution is 2.43. The Bertz CT molecular complexity index is 2370. The first kappa shape index (κ1) is 28.2. The molecule has 0 bridgehead atoms. The van der Waals surface area contributed by atoms with Crippen molar-refractivity contribution in [1.82, 2.24) is 4.98 Å². The maximum absolute atomic E-state index is 5.34. The van der Waals surface area contributed by atoms with Crippen molar-refractivity contribution in [2.75, 3.05) is 4.90 Å². The van der Waals surface area contributed by atoms with E-state index in [0.717, 1.165) is 33.1 Å². The first-order valence-corrected chi connectivity index (χ1v) is 17.0. The lowest BCUT2D eigenvalue weighted by Crippen LogP contribution is -2.09. The van der Waals surface area contributed by atoms with Gasteiger partial charge in [-0.3, -0.25) is 0 Å². The van der Waals surface area contributed by atoms with Gasteiger partial charge in [0.05, 0.1) is 10.2 Å². The van der Waals surface area contributed by atoms with Gasteiger partial charge in [-0.2, -0.15) is 0 Å². The van der Waals surface area contributed by atoms with Gasteiger partial charge in [-0.1, -0.05) is 121 Å². The standard InChI is InChI=1S/C45H30N2S/c1-5-13-31(14-6-1)34-23-27-39-41(29-34)42-30-35(32-15-7-2-8-16-32)24-28-40(42)44-43(39)46-45(48-44)33-21-25-38(26-22-33)47(36-17-9-3-10-18-36)37-19-11-4-12-20-37/h1-30H. The third-order valence-electron chi connectivity index (χ3n) is 9.07. The predicted octanol–water partition coefficient (Wildman–Crippen LogP) is 13.1. The monoisotopic (exact) mass is 630 g/mol. The number of hydrogen-bond donors (Lipinski definition) is 0. The summed E-state index contributed by atoms with van der Waals surface area (Å²) in [7, 11) is 0. The number of benzene rings is 8. The van der Waals surface area contributed by atoms with Crippen molar-refractivity contribution in [2.24, 2.45) is 0 Å². The van der Waals surface area contributed by atoms with Crippen molar-refractivity contribution < 1.29 is 0 Å². The van der Waals surface area contributed by atoms with Gasteiger partial charge in [0.1, 0.15) is 5.01 Å². The Balaban J connectivity index is 1.20. The Morgan fingerprint density at radius 3 is 1.33 bits per heavy atom. The van der Waals surface area contributed by atoms with Crippen molar-refractivity contribution >= 4 is 60.2 Å². The van der Waals surface area contributed by atoms with Gasteiger partial charge in [-0.15, -0.1) is 11.3 Å². The molecule has 0 aliphatic rings. The molecule has 226 valence electrons. The van der Waals surface area contributed by atoms with Gasteiger partial charge in [0.25, 0.3) is 0 Å². The normalized spacial score (nSPS) is 11.3. The summed E-state index contributed by atoms with van der Waals surface area (Å²) in [5, 5.41) is 5.92. The zero-order valence-corrected chi connectivity index (χ0v) is 26.9. The van der Waals surface area contributed by atoms with E-state index in [2.05, 4.69) is 187 Å². The summed E-state index contributed by atoms with van der Waals surface area (Å²) in [5.74, 6) is 0. The largest absolute Gasteiger partial charge is 0.311 e. The molecular formula is C45H30N2S. The van der Waals surface area contributed by atoms with E-state index in [-0.39, 0.29) is 0 Å². The topological polar surface area (TPSA) is 16.1 Å². The van der Waals surface area contributed by atoms with Crippen LogP contribution in [-0.4, -0.2) is 4.98 Å². The Morgan fingerprint density at radius 1 is 0.354 bits per heavy atom. The molecule has 0 saturated heterocycles. The van der Waals surface area contributed by atoms with Gasteiger partial charge in [0, 0.05) is 33.4 Å². The molecule has 0 aliphatic heterocycles. The van der Waals surface area contributed by atoms with Crippen LogP contribution in [-0.2, 0) is 0 Å². The average molecular weight is 631 g/mol. The third kappa shape index (κ3) is 5.02. The molecule has 0 saturated carbocycles. The summed E-state index contributed by atoms with van der Waals surface area (Å²) in [6.45, 7) is 0. The summed E-state index contributed by atoms with van der Waals surface area (Å²) in [5.41, 5.74) is 10.4. The molecule has 1 heterocycles. The van der Waals surface area contributed by atoms with E-state index in [1.165, 1.54) is 48.5 Å². The van der Waals surface area contributed by atoms with Crippen molar-refractivity contribution in [3.8, 4) is 32.8 Å². The van der Waals surface area contributed by atoms with E-state index in [9.17, 15) is 0 Å². The number of fused-ring (bicyclic) bond motifs is 6. The van der Waals surface area contributed by atoms with Crippen LogP contribution in [0.3, 0.4) is 0 Å². The van der Waals surface area contributed by atoms with E-state index in [1.54, 1.807) is 11.3 Å². The van der Waals surface area contributed by atoms with Crippen LogP contribution in [0.2, 0.25) is 0 Å². The molecule has 0 unspecified atom stereocenters. The van der Waals surface area contributed by atoms with E-state index in [0.29, 0.717) is 0 Å². The number of nitrogens with zero attached hydrogens (tertiary/aromatic N) is 2. The van der Waals surface area contributed by atoms with Crippen LogP contribution in [0, 0.1) is 0 Å². The van der Waals surface area contributed by atoms with Crippen LogP contribution in [0.1, 0.15) is 0 Å². The van der Waals surface area contributed by atoms with Crippen LogP contribution < -0.4 is 4.90 Å². The lowest BCUT2D eigenvalue weighted by atomic mass is 9.94. The second-order valence-electron chi connectivity index (χ2n) is 12.0. The molecule has 0 N–H and O–H groups in total. The predicted molar refractivity (Wildman–Crippen MR) is 206 cm³/mol. The van der Waals surface area contributed by atoms with Crippen molar-refractivity contribution in [1.29, 1.82) is 0 Å². The molecule has 0 radical (unpaired) electrons. The Hall–Kier alpha value is -6.03. The van der Waals surface area contributed by atoms with Gasteiger partial charge in [0.2, 0.25) is 0 Å². The lowest BCUT2D eigenvalue weighted by molar-refractivity contribution is 1.28. The first-order chi connectivity index (χ1) is 23.8. The summed E-state index contributed by atoms with van der Waals surface area (Å²) in [6.07, 6.45) is 0. The molecule has 9 aromatic rings. The molecular weight excluding hydrogens is 601 g/mol. The highest BCUT2D eigenvalue weighted by molar-refractivity contribution is 7.22. The fraction of sp³-hybridized carbons (Fsp3) is 0. The number of thiazole rings is 1. The van der Waals surface area contributed by atoms with Gasteiger partial charge in [0.15, 0.2) is 0 Å². The van der Waals surface area contributed by atoms with Crippen molar-refractivity contribution in [3.05, 3.63) is 182 Å². The quantitative estimate of drug-likeness (QED) is 0.170. The molecule has 0 atom stereocenters. The minimum Gasteiger partial charge on any atom is -0.311 e. The average Bonchev–Trinajstić information content (AvgIpc) is 3.63. The molecule has 0 spiro atoms. The fourth-order valence-corrected chi connectivity index (χ4v) is 7.85.